The van der Waals surface area contributed by atoms with Crippen LogP contribution in [0.4, 0.5) is 0 Å². The lowest BCUT2D eigenvalue weighted by Gasteiger charge is -2.14. The molecular weight excluding hydrogens is 310 g/mol. The number of thiophene rings is 2. The van der Waals surface area contributed by atoms with Gasteiger partial charge in [0, 0.05) is 21.2 Å². The minimum Gasteiger partial charge on any atom is -0.467 e. The molecule has 0 aliphatic carbocycles. The van der Waals surface area contributed by atoms with Crippen LogP contribution in [-0.4, -0.2) is 0 Å². The Balaban J connectivity index is 1.79. The monoisotopic (exact) mass is 323 g/mol. The Morgan fingerprint density at radius 1 is 1.20 bits per heavy atom. The highest BCUT2D eigenvalue weighted by Gasteiger charge is 2.18. The van der Waals surface area contributed by atoms with Crippen molar-refractivity contribution < 1.29 is 4.42 Å². The van der Waals surface area contributed by atoms with E-state index in [1.165, 1.54) is 14.6 Å². The molecule has 3 aromatic rings. The second-order valence-electron chi connectivity index (χ2n) is 4.48. The van der Waals surface area contributed by atoms with Crippen LogP contribution in [0.2, 0.25) is 4.34 Å². The van der Waals surface area contributed by atoms with Crippen LogP contribution in [0.5, 0.6) is 0 Å². The normalized spacial score (nSPS) is 12.7. The lowest BCUT2D eigenvalue weighted by Crippen LogP contribution is -2.20. The fraction of sp³-hybridized carbons (Fsp3) is 0.200. The summed E-state index contributed by atoms with van der Waals surface area (Å²) >= 11 is 9.44. The summed E-state index contributed by atoms with van der Waals surface area (Å²) in [4.78, 5) is 3.82. The van der Waals surface area contributed by atoms with Crippen LogP contribution < -0.4 is 5.32 Å². The van der Waals surface area contributed by atoms with E-state index in [0.717, 1.165) is 16.6 Å². The standard InChI is InChI=1S/C15H14ClNOS2/c1-10-4-5-11(19-10)9-17-15(12-3-2-8-18-12)13-6-7-14(16)20-13/h2-8,15,17H,9H2,1H3. The Kier molecular flexibility index (Phi) is 4.27. The SMILES string of the molecule is Cc1ccc(CNC(c2ccco2)c2ccc(Cl)s2)s1. The smallest absolute Gasteiger partial charge is 0.126 e. The van der Waals surface area contributed by atoms with Crippen molar-refractivity contribution in [3.05, 3.63) is 67.4 Å². The lowest BCUT2D eigenvalue weighted by atomic mass is 10.2. The van der Waals surface area contributed by atoms with Crippen molar-refractivity contribution in [2.45, 2.75) is 19.5 Å². The van der Waals surface area contributed by atoms with Crippen molar-refractivity contribution in [3.63, 3.8) is 0 Å². The number of hydrogen-bond donors (Lipinski definition) is 1. The van der Waals surface area contributed by atoms with Crippen molar-refractivity contribution in [2.75, 3.05) is 0 Å². The maximum atomic E-state index is 6.05. The molecule has 0 radical (unpaired) electrons. The summed E-state index contributed by atoms with van der Waals surface area (Å²) in [5.41, 5.74) is 0. The molecule has 104 valence electrons. The Morgan fingerprint density at radius 3 is 2.70 bits per heavy atom. The van der Waals surface area contributed by atoms with Crippen LogP contribution in [0, 0.1) is 6.92 Å². The summed E-state index contributed by atoms with van der Waals surface area (Å²) in [6, 6.07) is 12.2. The Morgan fingerprint density at radius 2 is 2.10 bits per heavy atom. The summed E-state index contributed by atoms with van der Waals surface area (Å²) in [7, 11) is 0. The molecule has 0 fully saturated rings. The van der Waals surface area contributed by atoms with E-state index in [0.29, 0.717) is 0 Å². The topological polar surface area (TPSA) is 25.2 Å². The predicted molar refractivity (Wildman–Crippen MR) is 85.8 cm³/mol. The Hall–Kier alpha value is -1.07. The van der Waals surface area contributed by atoms with E-state index in [9.17, 15) is 0 Å². The number of hydrogen-bond acceptors (Lipinski definition) is 4. The van der Waals surface area contributed by atoms with Gasteiger partial charge in [0.05, 0.1) is 10.6 Å². The third kappa shape index (κ3) is 3.15. The summed E-state index contributed by atoms with van der Waals surface area (Å²) < 4.78 is 6.35. The summed E-state index contributed by atoms with van der Waals surface area (Å²) in [6.45, 7) is 2.94. The van der Waals surface area contributed by atoms with Gasteiger partial charge >= 0.3 is 0 Å². The molecule has 3 aromatic heterocycles. The molecule has 3 rings (SSSR count). The third-order valence-electron chi connectivity index (χ3n) is 2.98. The number of rotatable bonds is 5. The van der Waals surface area contributed by atoms with Crippen LogP contribution in [-0.2, 0) is 6.54 Å². The van der Waals surface area contributed by atoms with E-state index in [2.05, 4.69) is 24.4 Å². The number of furan rings is 1. The van der Waals surface area contributed by atoms with Crippen molar-refractivity contribution in [1.29, 1.82) is 0 Å². The third-order valence-corrected chi connectivity index (χ3v) is 5.28. The first-order valence-electron chi connectivity index (χ1n) is 6.30. The molecule has 1 atom stereocenters. The highest BCUT2D eigenvalue weighted by Crippen LogP contribution is 2.31. The largest absolute Gasteiger partial charge is 0.467 e. The van der Waals surface area contributed by atoms with Crippen LogP contribution in [0.25, 0.3) is 0 Å². The van der Waals surface area contributed by atoms with Gasteiger partial charge in [-0.2, -0.15) is 0 Å². The summed E-state index contributed by atoms with van der Waals surface area (Å²) in [5.74, 6) is 0.914. The molecule has 1 unspecified atom stereocenters. The van der Waals surface area contributed by atoms with Gasteiger partial charge in [-0.05, 0) is 43.3 Å². The van der Waals surface area contributed by atoms with E-state index in [4.69, 9.17) is 16.0 Å². The van der Waals surface area contributed by atoms with Crippen molar-refractivity contribution in [2.24, 2.45) is 0 Å². The van der Waals surface area contributed by atoms with Gasteiger partial charge in [0.25, 0.3) is 0 Å². The zero-order valence-corrected chi connectivity index (χ0v) is 13.3. The van der Waals surface area contributed by atoms with Gasteiger partial charge in [0.2, 0.25) is 0 Å². The minimum absolute atomic E-state index is 0.0462. The molecule has 0 saturated carbocycles. The van der Waals surface area contributed by atoms with Gasteiger partial charge in [-0.1, -0.05) is 11.6 Å². The average molecular weight is 324 g/mol. The second kappa shape index (κ2) is 6.14. The van der Waals surface area contributed by atoms with E-state index in [1.54, 1.807) is 17.6 Å². The quantitative estimate of drug-likeness (QED) is 0.694. The predicted octanol–water partition coefficient (Wildman–Crippen LogP) is 5.24. The van der Waals surface area contributed by atoms with Crippen molar-refractivity contribution >= 4 is 34.3 Å². The first-order valence-corrected chi connectivity index (χ1v) is 8.31. The highest BCUT2D eigenvalue weighted by atomic mass is 35.5. The second-order valence-corrected chi connectivity index (χ2v) is 7.60. The molecule has 0 saturated heterocycles. The maximum absolute atomic E-state index is 6.05. The molecule has 0 aliphatic rings. The molecule has 0 bridgehead atoms. The minimum atomic E-state index is 0.0462. The first-order chi connectivity index (χ1) is 9.72. The molecule has 2 nitrogen and oxygen atoms in total. The van der Waals surface area contributed by atoms with Crippen LogP contribution >= 0.6 is 34.3 Å². The molecule has 3 heterocycles. The Bertz CT molecular complexity index is 672. The maximum Gasteiger partial charge on any atom is 0.126 e. The van der Waals surface area contributed by atoms with E-state index < -0.39 is 0 Å². The Labute approximate surface area is 131 Å². The van der Waals surface area contributed by atoms with E-state index in [1.807, 2.05) is 35.6 Å². The van der Waals surface area contributed by atoms with Crippen LogP contribution in [0.1, 0.15) is 26.4 Å². The van der Waals surface area contributed by atoms with Gasteiger partial charge in [-0.15, -0.1) is 22.7 Å². The molecular formula is C15H14ClNOS2. The van der Waals surface area contributed by atoms with Gasteiger partial charge in [-0.3, -0.25) is 5.32 Å². The van der Waals surface area contributed by atoms with Crippen LogP contribution in [0.3, 0.4) is 0 Å². The summed E-state index contributed by atoms with van der Waals surface area (Å²) in [5, 5.41) is 3.55. The van der Waals surface area contributed by atoms with Gasteiger partial charge < -0.3 is 4.42 Å². The van der Waals surface area contributed by atoms with Gasteiger partial charge in [0.15, 0.2) is 0 Å². The van der Waals surface area contributed by atoms with Gasteiger partial charge in [-0.25, -0.2) is 0 Å². The molecule has 5 heteroatoms. The lowest BCUT2D eigenvalue weighted by molar-refractivity contribution is 0.450. The van der Waals surface area contributed by atoms with Crippen molar-refractivity contribution in [1.82, 2.24) is 5.32 Å². The fourth-order valence-electron chi connectivity index (χ4n) is 2.06. The molecule has 0 spiro atoms. The molecule has 1 N–H and O–H groups in total. The highest BCUT2D eigenvalue weighted by molar-refractivity contribution is 7.16. The van der Waals surface area contributed by atoms with Crippen molar-refractivity contribution in [3.8, 4) is 0 Å². The number of aryl methyl sites for hydroxylation is 1. The molecule has 20 heavy (non-hydrogen) atoms. The van der Waals surface area contributed by atoms with Crippen LogP contribution in [0.15, 0.2) is 47.1 Å². The first kappa shape index (κ1) is 13.9. The van der Waals surface area contributed by atoms with E-state index in [-0.39, 0.29) is 6.04 Å². The average Bonchev–Trinajstić information content (AvgIpc) is 3.13. The zero-order valence-electron chi connectivity index (χ0n) is 10.9. The fourth-order valence-corrected chi connectivity index (χ4v) is 4.05. The summed E-state index contributed by atoms with van der Waals surface area (Å²) in [6.07, 6.45) is 1.70. The zero-order chi connectivity index (χ0) is 13.9. The van der Waals surface area contributed by atoms with Gasteiger partial charge in [0.1, 0.15) is 11.8 Å². The molecule has 0 aromatic carbocycles. The number of halogens is 1. The number of nitrogens with one attached hydrogen (secondary N) is 1. The van der Waals surface area contributed by atoms with E-state index >= 15 is 0 Å². The molecule has 0 aliphatic heterocycles. The molecule has 0 amide bonds.